The third-order valence-electron chi connectivity index (χ3n) is 10.5. The van der Waals surface area contributed by atoms with Crippen LogP contribution in [-0.2, 0) is 58.2 Å². The minimum absolute atomic E-state index is 0.0393. The summed E-state index contributed by atoms with van der Waals surface area (Å²) < 4.78 is 72.2. The first-order chi connectivity index (χ1) is 28.4. The average Bonchev–Trinajstić information content (AvgIpc) is 3.73. The molecule has 0 N–H and O–H groups in total. The Bertz CT molecular complexity index is 2230. The molecule has 0 spiro atoms. The zero-order chi connectivity index (χ0) is 39.7. The zero-order valence-corrected chi connectivity index (χ0v) is 32.7. The molecule has 298 valence electrons. The van der Waals surface area contributed by atoms with E-state index in [1.54, 1.807) is 6.07 Å². The second-order valence-electron chi connectivity index (χ2n) is 14.7. The maximum absolute atomic E-state index is 17.2. The van der Waals surface area contributed by atoms with Gasteiger partial charge in [0.15, 0.2) is 6.10 Å². The molecule has 1 fully saturated rings. The van der Waals surface area contributed by atoms with Crippen molar-refractivity contribution in [1.29, 1.82) is 0 Å². The maximum atomic E-state index is 17.2. The van der Waals surface area contributed by atoms with E-state index in [4.69, 9.17) is 40.0 Å². The molecule has 0 radical (unpaired) electrons. The first-order valence-corrected chi connectivity index (χ1v) is 20.0. The molecule has 9 heteroatoms. The molecular formula is C49H45ClF2O6. The number of hydrogen-bond acceptors (Lipinski definition) is 6. The van der Waals surface area contributed by atoms with Gasteiger partial charge in [0.25, 0.3) is 0 Å². The molecule has 6 aromatic carbocycles. The molecule has 2 aliphatic heterocycles. The van der Waals surface area contributed by atoms with Gasteiger partial charge in [0.05, 0.1) is 33.0 Å². The van der Waals surface area contributed by atoms with Crippen molar-refractivity contribution in [3.05, 3.63) is 201 Å². The van der Waals surface area contributed by atoms with Crippen LogP contribution in [0.5, 0.6) is 11.5 Å². The highest BCUT2D eigenvalue weighted by atomic mass is 35.5. The molecule has 4 atom stereocenters. The summed E-state index contributed by atoms with van der Waals surface area (Å²) in [7, 11) is 0. The molecule has 2 heterocycles. The second-order valence-corrected chi connectivity index (χ2v) is 15.1. The predicted octanol–water partition coefficient (Wildman–Crippen LogP) is 10.9. The SMILES string of the molecule is FC1(F)[C@H](OCc2ccccc2)[C@@H](OCc2ccccc2)[C@H](c2cc(Cc3ccc4c(c3)OCC4)c(Cl)cc2OCc2ccccc2)O[C@@H]1COCc1ccccc1. The molecule has 8 rings (SSSR count). The number of halogens is 3. The topological polar surface area (TPSA) is 55.4 Å². The molecule has 0 aliphatic carbocycles. The molecular weight excluding hydrogens is 758 g/mol. The smallest absolute Gasteiger partial charge is 0.304 e. The van der Waals surface area contributed by atoms with E-state index in [1.807, 2.05) is 133 Å². The molecule has 1 saturated heterocycles. The van der Waals surface area contributed by atoms with E-state index < -0.39 is 36.9 Å². The summed E-state index contributed by atoms with van der Waals surface area (Å²) in [5.74, 6) is -2.28. The summed E-state index contributed by atoms with van der Waals surface area (Å²) >= 11 is 7.07. The molecule has 0 unspecified atom stereocenters. The van der Waals surface area contributed by atoms with Crippen molar-refractivity contribution < 1.29 is 37.2 Å². The van der Waals surface area contributed by atoms with Crippen molar-refractivity contribution in [1.82, 2.24) is 0 Å². The van der Waals surface area contributed by atoms with Gasteiger partial charge in [-0.05, 0) is 63.6 Å². The number of ether oxygens (including phenoxy) is 6. The molecule has 6 aromatic rings. The van der Waals surface area contributed by atoms with Crippen LogP contribution in [0, 0.1) is 0 Å². The molecule has 6 nitrogen and oxygen atoms in total. The standard InChI is InChI=1S/C49H45ClF2O6/c50-42-28-44(55-30-35-15-7-2-8-16-35)41(27-40(42)25-38-21-22-39-23-24-54-43(39)26-38)46-47(56-31-36-17-9-3-10-18-36)48(57-32-37-19-11-4-12-20-37)49(51,52)45(58-46)33-53-29-34-13-5-1-6-14-34/h1-22,26-28,45-48H,23-25,29-33H2/t45-,46+,47+,48-/m1/s1. The third kappa shape index (κ3) is 9.60. The minimum atomic E-state index is -3.53. The minimum Gasteiger partial charge on any atom is -0.493 e. The van der Waals surface area contributed by atoms with Gasteiger partial charge in [-0.1, -0.05) is 145 Å². The van der Waals surface area contributed by atoms with Gasteiger partial charge < -0.3 is 28.4 Å². The molecule has 0 bridgehead atoms. The predicted molar refractivity (Wildman–Crippen MR) is 219 cm³/mol. The average molecular weight is 803 g/mol. The van der Waals surface area contributed by atoms with Crippen molar-refractivity contribution in [3.8, 4) is 11.5 Å². The number of hydrogen-bond donors (Lipinski definition) is 0. The Morgan fingerprint density at radius 1 is 0.638 bits per heavy atom. The first kappa shape index (κ1) is 39.7. The maximum Gasteiger partial charge on any atom is 0.304 e. The van der Waals surface area contributed by atoms with E-state index in [2.05, 4.69) is 12.1 Å². The lowest BCUT2D eigenvalue weighted by molar-refractivity contribution is -0.320. The fourth-order valence-corrected chi connectivity index (χ4v) is 7.67. The molecule has 0 aromatic heterocycles. The van der Waals surface area contributed by atoms with Crippen molar-refractivity contribution in [2.24, 2.45) is 0 Å². The van der Waals surface area contributed by atoms with E-state index in [9.17, 15) is 0 Å². The summed E-state index contributed by atoms with van der Waals surface area (Å²) in [6, 6.07) is 47.7. The normalized spacial score (nSPS) is 19.6. The molecule has 2 aliphatic rings. The Labute approximate surface area is 343 Å². The Morgan fingerprint density at radius 2 is 1.22 bits per heavy atom. The van der Waals surface area contributed by atoms with Crippen LogP contribution in [0.2, 0.25) is 5.02 Å². The highest BCUT2D eigenvalue weighted by Gasteiger charge is 2.60. The van der Waals surface area contributed by atoms with Gasteiger partial charge in [0, 0.05) is 17.0 Å². The van der Waals surface area contributed by atoms with Crippen LogP contribution in [0.25, 0.3) is 0 Å². The largest absolute Gasteiger partial charge is 0.493 e. The van der Waals surface area contributed by atoms with Gasteiger partial charge in [-0.15, -0.1) is 0 Å². The van der Waals surface area contributed by atoms with E-state index in [0.717, 1.165) is 51.1 Å². The van der Waals surface area contributed by atoms with E-state index in [-0.39, 0.29) is 26.4 Å². The Kier molecular flexibility index (Phi) is 12.8. The number of benzene rings is 6. The van der Waals surface area contributed by atoms with E-state index in [1.165, 1.54) is 0 Å². The van der Waals surface area contributed by atoms with E-state index >= 15 is 8.78 Å². The van der Waals surface area contributed by atoms with Gasteiger partial charge >= 0.3 is 5.92 Å². The monoisotopic (exact) mass is 802 g/mol. The van der Waals surface area contributed by atoms with Crippen molar-refractivity contribution >= 4 is 11.6 Å². The van der Waals surface area contributed by atoms with Crippen LogP contribution in [0.4, 0.5) is 8.78 Å². The van der Waals surface area contributed by atoms with Gasteiger partial charge in [0.2, 0.25) is 0 Å². The van der Waals surface area contributed by atoms with Crippen LogP contribution in [-0.4, -0.2) is 37.4 Å². The summed E-state index contributed by atoms with van der Waals surface area (Å²) in [5, 5.41) is 0.468. The molecule has 0 saturated carbocycles. The summed E-state index contributed by atoms with van der Waals surface area (Å²) in [4.78, 5) is 0. The fourth-order valence-electron chi connectivity index (χ4n) is 7.45. The van der Waals surface area contributed by atoms with Crippen LogP contribution in [0.1, 0.15) is 50.6 Å². The molecule has 58 heavy (non-hydrogen) atoms. The third-order valence-corrected chi connectivity index (χ3v) is 10.9. The van der Waals surface area contributed by atoms with Crippen molar-refractivity contribution in [2.75, 3.05) is 13.2 Å². The summed E-state index contributed by atoms with van der Waals surface area (Å²) in [6.07, 6.45) is -4.49. The number of rotatable bonds is 16. The fraction of sp³-hybridized carbons (Fsp3) is 0.265. The lowest BCUT2D eigenvalue weighted by atomic mass is 9.88. The molecule has 0 amide bonds. The lowest BCUT2D eigenvalue weighted by Gasteiger charge is -2.46. The quantitative estimate of drug-likeness (QED) is 0.0971. The van der Waals surface area contributed by atoms with Crippen LogP contribution in [0.15, 0.2) is 152 Å². The lowest BCUT2D eigenvalue weighted by Crippen LogP contribution is -2.61. The van der Waals surface area contributed by atoms with Crippen molar-refractivity contribution in [2.45, 2.75) is 69.6 Å². The van der Waals surface area contributed by atoms with Gasteiger partial charge in [-0.2, -0.15) is 0 Å². The van der Waals surface area contributed by atoms with E-state index in [0.29, 0.717) is 29.4 Å². The van der Waals surface area contributed by atoms with Gasteiger partial charge in [0.1, 0.15) is 36.4 Å². The Morgan fingerprint density at radius 3 is 1.86 bits per heavy atom. The first-order valence-electron chi connectivity index (χ1n) is 19.6. The highest BCUT2D eigenvalue weighted by molar-refractivity contribution is 6.31. The number of alkyl halides is 2. The summed E-state index contributed by atoms with van der Waals surface area (Å²) in [6.45, 7) is 0.561. The van der Waals surface area contributed by atoms with Gasteiger partial charge in [-0.25, -0.2) is 8.78 Å². The van der Waals surface area contributed by atoms with Crippen molar-refractivity contribution in [3.63, 3.8) is 0 Å². The Hall–Kier alpha value is -5.09. The Balaban J connectivity index is 1.20. The van der Waals surface area contributed by atoms with Crippen LogP contribution >= 0.6 is 11.6 Å². The van der Waals surface area contributed by atoms with Crippen LogP contribution in [0.3, 0.4) is 0 Å². The zero-order valence-electron chi connectivity index (χ0n) is 32.0. The number of fused-ring (bicyclic) bond motifs is 1. The van der Waals surface area contributed by atoms with Crippen LogP contribution < -0.4 is 9.47 Å². The second kappa shape index (κ2) is 18.7. The van der Waals surface area contributed by atoms with Gasteiger partial charge in [-0.3, -0.25) is 0 Å². The summed E-state index contributed by atoms with van der Waals surface area (Å²) in [5.41, 5.74) is 6.79. The highest BCUT2D eigenvalue weighted by Crippen LogP contribution is 2.48.